The van der Waals surface area contributed by atoms with Crippen molar-refractivity contribution in [1.29, 1.82) is 0 Å². The lowest BCUT2D eigenvalue weighted by atomic mass is 9.87. The summed E-state index contributed by atoms with van der Waals surface area (Å²) in [6.07, 6.45) is 5.80. The lowest BCUT2D eigenvalue weighted by Crippen LogP contribution is -2.28. The first-order valence-electron chi connectivity index (χ1n) is 12.8. The van der Waals surface area contributed by atoms with E-state index in [-0.39, 0.29) is 23.5 Å². The summed E-state index contributed by atoms with van der Waals surface area (Å²) in [4.78, 5) is 27.7. The molecule has 1 aromatic heterocycles. The topological polar surface area (TPSA) is 68.1 Å². The Hall–Kier alpha value is -2.50. The maximum absolute atomic E-state index is 13.6. The van der Waals surface area contributed by atoms with Crippen LogP contribution in [0.5, 0.6) is 0 Å². The number of hydrogen-bond donors (Lipinski definition) is 0. The monoisotopic (exact) mass is 464 g/mol. The largest absolute Gasteiger partial charge is 0.341 e. The van der Waals surface area contributed by atoms with Crippen LogP contribution >= 0.6 is 0 Å². The van der Waals surface area contributed by atoms with E-state index in [9.17, 15) is 9.59 Å². The molecule has 0 radical (unpaired) electrons. The maximum atomic E-state index is 13.6. The number of nitrogens with zero attached hydrogens (tertiary/aromatic N) is 4. The van der Waals surface area contributed by atoms with Gasteiger partial charge in [0.25, 0.3) is 0 Å². The third-order valence-corrected chi connectivity index (χ3v) is 7.41. The van der Waals surface area contributed by atoms with Gasteiger partial charge in [0.05, 0.1) is 0 Å². The van der Waals surface area contributed by atoms with Crippen LogP contribution in [-0.2, 0) is 22.4 Å². The summed E-state index contributed by atoms with van der Waals surface area (Å²) in [6.45, 7) is 13.6. The molecule has 184 valence electrons. The number of rotatable bonds is 8. The Kier molecular flexibility index (Phi) is 6.97. The maximum Gasteiger partial charge on any atom is 0.219 e. The second-order valence-electron chi connectivity index (χ2n) is 11.7. The Bertz CT molecular complexity index is 1060. The number of hydrogen-bond acceptors (Lipinski definition) is 4. The third-order valence-electron chi connectivity index (χ3n) is 7.41. The number of amides is 1. The molecule has 2 fully saturated rings. The van der Waals surface area contributed by atoms with Crippen molar-refractivity contribution in [1.82, 2.24) is 19.7 Å². The zero-order valence-corrected chi connectivity index (χ0v) is 21.7. The normalized spacial score (nSPS) is 20.7. The standard InChI is InChI=1S/C28H40N4O2/c1-18-9-10-21(19(2)14-18)15-25(34)23-16-31(20(3)33)17-24(23)27-30-29-26(32(27)22-11-12-22)8-7-13-28(4,5)6/h9-10,14,22-24H,7-8,11-13,15-17H2,1-6H3/t23-,24-/m1/s1. The fourth-order valence-electron chi connectivity index (χ4n) is 5.28. The van der Waals surface area contributed by atoms with Crippen LogP contribution in [0.3, 0.4) is 0 Å². The molecule has 0 unspecified atom stereocenters. The van der Waals surface area contributed by atoms with E-state index in [1.165, 1.54) is 5.56 Å². The average Bonchev–Trinajstić information content (AvgIpc) is 3.33. The van der Waals surface area contributed by atoms with Crippen molar-refractivity contribution in [3.05, 3.63) is 46.5 Å². The lowest BCUT2D eigenvalue weighted by molar-refractivity contribution is -0.128. The highest BCUT2D eigenvalue weighted by molar-refractivity contribution is 5.86. The smallest absolute Gasteiger partial charge is 0.219 e. The first kappa shape index (κ1) is 24.6. The molecule has 4 rings (SSSR count). The van der Waals surface area contributed by atoms with E-state index in [0.717, 1.165) is 54.9 Å². The van der Waals surface area contributed by atoms with Crippen LogP contribution in [0.15, 0.2) is 18.2 Å². The van der Waals surface area contributed by atoms with Gasteiger partial charge in [0, 0.05) is 50.7 Å². The quantitative estimate of drug-likeness (QED) is 0.553. The summed E-state index contributed by atoms with van der Waals surface area (Å²) in [7, 11) is 0. The van der Waals surface area contributed by atoms with Crippen LogP contribution in [-0.4, -0.2) is 44.4 Å². The van der Waals surface area contributed by atoms with Crippen LogP contribution < -0.4 is 0 Å². The number of aryl methyl sites for hydroxylation is 3. The van der Waals surface area contributed by atoms with Crippen molar-refractivity contribution in [2.24, 2.45) is 11.3 Å². The van der Waals surface area contributed by atoms with Crippen LogP contribution in [0.25, 0.3) is 0 Å². The molecular formula is C28H40N4O2. The molecule has 1 aliphatic heterocycles. The third kappa shape index (κ3) is 5.59. The molecule has 0 spiro atoms. The molecule has 1 amide bonds. The first-order chi connectivity index (χ1) is 16.0. The van der Waals surface area contributed by atoms with E-state index >= 15 is 0 Å². The zero-order valence-electron chi connectivity index (χ0n) is 21.7. The first-order valence-corrected chi connectivity index (χ1v) is 12.8. The van der Waals surface area contributed by atoms with Gasteiger partial charge in [-0.25, -0.2) is 0 Å². The van der Waals surface area contributed by atoms with Gasteiger partial charge in [-0.05, 0) is 56.1 Å². The summed E-state index contributed by atoms with van der Waals surface area (Å²) < 4.78 is 2.33. The minimum Gasteiger partial charge on any atom is -0.341 e. The van der Waals surface area contributed by atoms with Gasteiger partial charge in [-0.3, -0.25) is 9.59 Å². The summed E-state index contributed by atoms with van der Waals surface area (Å²) in [5.74, 6) is 1.84. The van der Waals surface area contributed by atoms with E-state index in [1.54, 1.807) is 6.92 Å². The predicted molar refractivity (Wildman–Crippen MR) is 134 cm³/mol. The fraction of sp³-hybridized carbons (Fsp3) is 0.643. The van der Waals surface area contributed by atoms with Crippen LogP contribution in [0, 0.1) is 25.2 Å². The SMILES string of the molecule is CC(=O)N1C[C@@H](C(=O)Cc2ccc(C)cc2C)[C@H](c2nnc(CCCC(C)(C)C)n2C2CC2)C1. The van der Waals surface area contributed by atoms with Gasteiger partial charge in [-0.15, -0.1) is 10.2 Å². The van der Waals surface area contributed by atoms with Gasteiger partial charge in [0.1, 0.15) is 17.4 Å². The molecule has 0 N–H and O–H groups in total. The van der Waals surface area contributed by atoms with Gasteiger partial charge in [0.2, 0.25) is 5.91 Å². The Balaban J connectivity index is 1.59. The minimum atomic E-state index is -0.242. The lowest BCUT2D eigenvalue weighted by Gasteiger charge is -2.20. The number of ketones is 1. The molecule has 34 heavy (non-hydrogen) atoms. The van der Waals surface area contributed by atoms with Gasteiger partial charge < -0.3 is 9.47 Å². The average molecular weight is 465 g/mol. The molecular weight excluding hydrogens is 424 g/mol. The molecule has 2 aromatic rings. The molecule has 0 bridgehead atoms. The highest BCUT2D eigenvalue weighted by Crippen LogP contribution is 2.42. The van der Waals surface area contributed by atoms with Crippen LogP contribution in [0.2, 0.25) is 0 Å². The Morgan fingerprint density at radius 3 is 2.44 bits per heavy atom. The Morgan fingerprint density at radius 1 is 1.09 bits per heavy atom. The minimum absolute atomic E-state index is 0.0229. The van der Waals surface area contributed by atoms with E-state index in [2.05, 4.69) is 67.6 Å². The van der Waals surface area contributed by atoms with Crippen LogP contribution in [0.4, 0.5) is 0 Å². The van der Waals surface area contributed by atoms with Gasteiger partial charge in [0.15, 0.2) is 0 Å². The molecule has 6 nitrogen and oxygen atoms in total. The fourth-order valence-corrected chi connectivity index (χ4v) is 5.28. The van der Waals surface area contributed by atoms with E-state index in [4.69, 9.17) is 0 Å². The van der Waals surface area contributed by atoms with Crippen molar-refractivity contribution in [2.45, 2.75) is 92.0 Å². The Labute approximate surface area is 204 Å². The zero-order chi connectivity index (χ0) is 24.6. The van der Waals surface area contributed by atoms with E-state index < -0.39 is 0 Å². The summed E-state index contributed by atoms with van der Waals surface area (Å²) in [5.41, 5.74) is 3.72. The van der Waals surface area contributed by atoms with Crippen molar-refractivity contribution in [3.63, 3.8) is 0 Å². The van der Waals surface area contributed by atoms with Crippen molar-refractivity contribution in [2.75, 3.05) is 13.1 Å². The summed E-state index contributed by atoms with van der Waals surface area (Å²) in [6, 6.07) is 6.70. The molecule has 1 saturated carbocycles. The molecule has 2 aliphatic rings. The number of likely N-dealkylation sites (tertiary alicyclic amines) is 1. The number of aromatic nitrogens is 3. The van der Waals surface area contributed by atoms with Crippen LogP contribution in [0.1, 0.15) is 93.7 Å². The van der Waals surface area contributed by atoms with Crippen molar-refractivity contribution >= 4 is 11.7 Å². The molecule has 2 atom stereocenters. The number of carbonyl (C=O) groups is 2. The highest BCUT2D eigenvalue weighted by Gasteiger charge is 2.43. The van der Waals surface area contributed by atoms with E-state index in [0.29, 0.717) is 31.0 Å². The number of benzene rings is 1. The Morgan fingerprint density at radius 2 is 1.82 bits per heavy atom. The van der Waals surface area contributed by atoms with Gasteiger partial charge >= 0.3 is 0 Å². The number of carbonyl (C=O) groups excluding carboxylic acids is 2. The summed E-state index contributed by atoms with van der Waals surface area (Å²) in [5, 5.41) is 9.27. The molecule has 6 heteroatoms. The predicted octanol–water partition coefficient (Wildman–Crippen LogP) is 4.97. The van der Waals surface area contributed by atoms with Gasteiger partial charge in [-0.2, -0.15) is 0 Å². The van der Waals surface area contributed by atoms with E-state index in [1.807, 2.05) is 4.90 Å². The second kappa shape index (κ2) is 9.63. The molecule has 2 heterocycles. The van der Waals surface area contributed by atoms with Gasteiger partial charge in [-0.1, -0.05) is 44.5 Å². The number of Topliss-reactive ketones (excluding diaryl/α,β-unsaturated/α-hetero) is 1. The van der Waals surface area contributed by atoms with Crippen molar-refractivity contribution < 1.29 is 9.59 Å². The highest BCUT2D eigenvalue weighted by atomic mass is 16.2. The molecule has 1 aliphatic carbocycles. The molecule has 1 aromatic carbocycles. The summed E-state index contributed by atoms with van der Waals surface area (Å²) >= 11 is 0. The molecule has 1 saturated heterocycles. The van der Waals surface area contributed by atoms with Crippen molar-refractivity contribution in [3.8, 4) is 0 Å². The second-order valence-corrected chi connectivity index (χ2v) is 11.7.